The second-order valence-corrected chi connectivity index (χ2v) is 5.96. The Morgan fingerprint density at radius 3 is 2.78 bits per heavy atom. The van der Waals surface area contributed by atoms with Gasteiger partial charge in [0.1, 0.15) is 11.6 Å². The van der Waals surface area contributed by atoms with Crippen LogP contribution in [-0.4, -0.2) is 19.9 Å². The van der Waals surface area contributed by atoms with Gasteiger partial charge in [-0.3, -0.25) is 9.78 Å². The number of hydrogen-bond donors (Lipinski definition) is 3. The highest BCUT2D eigenvalue weighted by molar-refractivity contribution is 5.70. The van der Waals surface area contributed by atoms with E-state index in [4.69, 9.17) is 5.73 Å². The number of rotatable bonds is 4. The van der Waals surface area contributed by atoms with Crippen LogP contribution in [0.25, 0.3) is 11.2 Å². The first kappa shape index (κ1) is 13.9. The van der Waals surface area contributed by atoms with Crippen molar-refractivity contribution in [2.24, 2.45) is 0 Å². The predicted molar refractivity (Wildman–Crippen MR) is 84.7 cm³/mol. The monoisotopic (exact) mass is 313 g/mol. The zero-order valence-corrected chi connectivity index (χ0v) is 12.4. The minimum Gasteiger partial charge on any atom is -0.369 e. The van der Waals surface area contributed by atoms with Gasteiger partial charge in [0.05, 0.1) is 0 Å². The Bertz CT molecular complexity index is 941. The Labute approximate surface area is 131 Å². The van der Waals surface area contributed by atoms with E-state index in [1.165, 1.54) is 0 Å². The highest BCUT2D eigenvalue weighted by Gasteiger charge is 2.24. The molecule has 1 saturated carbocycles. The molecule has 0 spiro atoms. The summed E-state index contributed by atoms with van der Waals surface area (Å²) in [4.78, 5) is 25.3. The van der Waals surface area contributed by atoms with Crippen LogP contribution >= 0.6 is 0 Å². The average Bonchev–Trinajstić information content (AvgIpc) is 3.27. The molecule has 0 amide bonds. The van der Waals surface area contributed by atoms with Crippen molar-refractivity contribution in [1.82, 2.24) is 19.9 Å². The van der Waals surface area contributed by atoms with Gasteiger partial charge in [-0.2, -0.15) is 4.98 Å². The third kappa shape index (κ3) is 2.69. The van der Waals surface area contributed by atoms with Gasteiger partial charge in [0.25, 0.3) is 5.56 Å². The number of nitrogens with two attached hydrogens (primary N) is 1. The molecule has 0 atom stereocenters. The molecule has 3 aromatic rings. The maximum Gasteiger partial charge on any atom is 0.278 e. The summed E-state index contributed by atoms with van der Waals surface area (Å²) in [6, 6.07) is 5.48. The van der Waals surface area contributed by atoms with E-state index in [9.17, 15) is 9.18 Å². The van der Waals surface area contributed by atoms with E-state index in [1.54, 1.807) is 6.07 Å². The van der Waals surface area contributed by atoms with Gasteiger partial charge in [0, 0.05) is 6.42 Å². The van der Waals surface area contributed by atoms with Crippen molar-refractivity contribution in [3.63, 3.8) is 0 Å². The summed E-state index contributed by atoms with van der Waals surface area (Å²) < 4.78 is 14.1. The Hall–Kier alpha value is -2.70. The van der Waals surface area contributed by atoms with Gasteiger partial charge in [-0.1, -0.05) is 12.1 Å². The van der Waals surface area contributed by atoms with Crippen molar-refractivity contribution in [2.75, 3.05) is 5.73 Å². The van der Waals surface area contributed by atoms with Gasteiger partial charge in [0.15, 0.2) is 11.2 Å². The molecule has 1 aliphatic rings. The summed E-state index contributed by atoms with van der Waals surface area (Å²) in [7, 11) is 0. The molecule has 0 unspecified atom stereocenters. The number of halogens is 1. The zero-order valence-electron chi connectivity index (χ0n) is 12.4. The van der Waals surface area contributed by atoms with Crippen molar-refractivity contribution in [1.29, 1.82) is 0 Å². The van der Waals surface area contributed by atoms with E-state index in [0.717, 1.165) is 18.4 Å². The lowest BCUT2D eigenvalue weighted by molar-refractivity contribution is 0.605. The average molecular weight is 313 g/mol. The SMILES string of the molecule is Nc1nc2nc(CCc3ccc(C4CC4)cc3F)[nH]c2c(=O)[nH]1. The number of imidazole rings is 1. The molecule has 0 bridgehead atoms. The third-order valence-electron chi connectivity index (χ3n) is 4.19. The number of aromatic nitrogens is 4. The molecule has 1 fully saturated rings. The minimum atomic E-state index is -0.355. The quantitative estimate of drug-likeness (QED) is 0.686. The molecule has 118 valence electrons. The Morgan fingerprint density at radius 2 is 2.04 bits per heavy atom. The van der Waals surface area contributed by atoms with E-state index in [-0.39, 0.29) is 23.0 Å². The molecule has 0 aliphatic heterocycles. The van der Waals surface area contributed by atoms with Crippen molar-refractivity contribution < 1.29 is 4.39 Å². The number of hydrogen-bond acceptors (Lipinski definition) is 4. The molecule has 1 aromatic carbocycles. The smallest absolute Gasteiger partial charge is 0.278 e. The molecule has 0 radical (unpaired) electrons. The first-order valence-electron chi connectivity index (χ1n) is 7.63. The molecule has 0 saturated heterocycles. The van der Waals surface area contributed by atoms with E-state index in [1.807, 2.05) is 12.1 Å². The number of nitrogen functional groups attached to an aromatic ring is 1. The first-order valence-corrected chi connectivity index (χ1v) is 7.63. The topological polar surface area (TPSA) is 100 Å². The standard InChI is InChI=1S/C16H16FN5O/c17-11-7-10(8-1-2-8)4-3-9(11)5-6-12-19-13-14(20-12)21-16(18)22-15(13)23/h3-4,7-8H,1-2,5-6H2,(H4,18,19,20,21,22,23). The largest absolute Gasteiger partial charge is 0.369 e. The Balaban J connectivity index is 1.54. The fraction of sp³-hybridized carbons (Fsp3) is 0.312. The number of nitrogens with zero attached hydrogens (tertiary/aromatic N) is 2. The van der Waals surface area contributed by atoms with Gasteiger partial charge in [0.2, 0.25) is 5.95 Å². The van der Waals surface area contributed by atoms with Crippen LogP contribution in [0, 0.1) is 5.82 Å². The predicted octanol–water partition coefficient (Wildman–Crippen LogP) is 2.03. The lowest BCUT2D eigenvalue weighted by atomic mass is 10.0. The highest BCUT2D eigenvalue weighted by Crippen LogP contribution is 2.40. The van der Waals surface area contributed by atoms with E-state index < -0.39 is 0 Å². The Morgan fingerprint density at radius 1 is 1.22 bits per heavy atom. The fourth-order valence-corrected chi connectivity index (χ4v) is 2.78. The number of H-pyrrole nitrogens is 2. The lowest BCUT2D eigenvalue weighted by Gasteiger charge is -2.04. The molecule has 2 heterocycles. The Kier molecular flexibility index (Phi) is 3.14. The molecule has 4 rings (SSSR count). The fourth-order valence-electron chi connectivity index (χ4n) is 2.78. The molecular weight excluding hydrogens is 297 g/mol. The summed E-state index contributed by atoms with van der Waals surface area (Å²) in [5, 5.41) is 0. The molecule has 4 N–H and O–H groups in total. The van der Waals surface area contributed by atoms with E-state index in [2.05, 4.69) is 19.9 Å². The number of fused-ring (bicyclic) bond motifs is 1. The second kappa shape index (κ2) is 5.19. The number of nitrogens with one attached hydrogen (secondary N) is 2. The normalized spacial score (nSPS) is 14.5. The lowest BCUT2D eigenvalue weighted by Crippen LogP contribution is -2.10. The molecule has 6 nitrogen and oxygen atoms in total. The van der Waals surface area contributed by atoms with Crippen LogP contribution in [0.4, 0.5) is 10.3 Å². The number of anilines is 1. The molecule has 2 aromatic heterocycles. The summed E-state index contributed by atoms with van der Waals surface area (Å²) in [5.41, 5.74) is 7.44. The third-order valence-corrected chi connectivity index (χ3v) is 4.19. The summed E-state index contributed by atoms with van der Waals surface area (Å²) >= 11 is 0. The van der Waals surface area contributed by atoms with Gasteiger partial charge in [-0.25, -0.2) is 9.37 Å². The van der Waals surface area contributed by atoms with Crippen LogP contribution in [0.2, 0.25) is 0 Å². The van der Waals surface area contributed by atoms with Crippen molar-refractivity contribution in [3.05, 3.63) is 51.3 Å². The summed E-state index contributed by atoms with van der Waals surface area (Å²) in [5.74, 6) is 0.986. The maximum atomic E-state index is 14.1. The van der Waals surface area contributed by atoms with Crippen LogP contribution < -0.4 is 11.3 Å². The van der Waals surface area contributed by atoms with Gasteiger partial charge < -0.3 is 10.7 Å². The maximum absolute atomic E-state index is 14.1. The van der Waals surface area contributed by atoms with Crippen LogP contribution in [-0.2, 0) is 12.8 Å². The van der Waals surface area contributed by atoms with E-state index >= 15 is 0 Å². The van der Waals surface area contributed by atoms with Crippen LogP contribution in [0.15, 0.2) is 23.0 Å². The second-order valence-electron chi connectivity index (χ2n) is 5.96. The molecule has 7 heteroatoms. The van der Waals surface area contributed by atoms with Gasteiger partial charge in [-0.15, -0.1) is 0 Å². The van der Waals surface area contributed by atoms with Crippen molar-refractivity contribution in [3.8, 4) is 0 Å². The first-order chi connectivity index (χ1) is 11.1. The van der Waals surface area contributed by atoms with Crippen molar-refractivity contribution in [2.45, 2.75) is 31.6 Å². The number of benzene rings is 1. The van der Waals surface area contributed by atoms with E-state index in [0.29, 0.717) is 35.7 Å². The van der Waals surface area contributed by atoms with Gasteiger partial charge >= 0.3 is 0 Å². The van der Waals surface area contributed by atoms with Gasteiger partial charge in [-0.05, 0) is 42.4 Å². The number of aryl methyl sites for hydroxylation is 2. The summed E-state index contributed by atoms with van der Waals surface area (Å²) in [6.07, 6.45) is 3.31. The van der Waals surface area contributed by atoms with Crippen LogP contribution in [0.5, 0.6) is 0 Å². The molecular formula is C16H16FN5O. The summed E-state index contributed by atoms with van der Waals surface area (Å²) in [6.45, 7) is 0. The highest BCUT2D eigenvalue weighted by atomic mass is 19.1. The molecule has 23 heavy (non-hydrogen) atoms. The minimum absolute atomic E-state index is 0.0299. The number of aromatic amines is 2. The zero-order chi connectivity index (χ0) is 16.0. The van der Waals surface area contributed by atoms with Crippen molar-refractivity contribution >= 4 is 17.1 Å². The van der Waals surface area contributed by atoms with Crippen LogP contribution in [0.1, 0.15) is 35.7 Å². The molecule has 1 aliphatic carbocycles. The van der Waals surface area contributed by atoms with Crippen LogP contribution in [0.3, 0.4) is 0 Å².